The number of para-hydroxylation sites is 1. The first kappa shape index (κ1) is 19.2. The molecule has 1 atom stereocenters. The lowest BCUT2D eigenvalue weighted by molar-refractivity contribution is -0.120. The second-order valence-electron chi connectivity index (χ2n) is 6.43. The molecule has 1 heterocycles. The number of aryl methyl sites for hydroxylation is 1. The molecule has 140 valence electrons. The summed E-state index contributed by atoms with van der Waals surface area (Å²) in [5.41, 5.74) is 3.42. The molecule has 0 saturated carbocycles. The first-order valence-electron chi connectivity index (χ1n) is 8.96. The van der Waals surface area contributed by atoms with Crippen LogP contribution in [0.2, 0.25) is 0 Å². The second kappa shape index (κ2) is 7.96. The van der Waals surface area contributed by atoms with Crippen LogP contribution in [0.5, 0.6) is 0 Å². The number of nitrogens with one attached hydrogen (secondary N) is 1. The van der Waals surface area contributed by atoms with Gasteiger partial charge < -0.3 is 5.32 Å². The summed E-state index contributed by atoms with van der Waals surface area (Å²) < 4.78 is 1.63. The first-order chi connectivity index (χ1) is 12.9. The van der Waals surface area contributed by atoms with Crippen LogP contribution in [0.3, 0.4) is 0 Å². The van der Waals surface area contributed by atoms with Gasteiger partial charge in [0.15, 0.2) is 5.16 Å². The molecule has 3 aromatic rings. The van der Waals surface area contributed by atoms with Gasteiger partial charge in [-0.25, -0.2) is 4.98 Å². The number of carbonyl (C=O) groups excluding carboxylic acids is 1. The minimum Gasteiger partial charge on any atom is -0.355 e. The van der Waals surface area contributed by atoms with E-state index in [4.69, 9.17) is 4.98 Å². The Bertz CT molecular complexity index is 1060. The predicted octanol–water partition coefficient (Wildman–Crippen LogP) is 3.62. The van der Waals surface area contributed by atoms with E-state index in [-0.39, 0.29) is 16.7 Å². The zero-order valence-electron chi connectivity index (χ0n) is 15.9. The fraction of sp³-hybridized carbons (Fsp3) is 0.286. The van der Waals surface area contributed by atoms with Crippen molar-refractivity contribution in [3.63, 3.8) is 0 Å². The van der Waals surface area contributed by atoms with Crippen molar-refractivity contribution in [2.45, 2.75) is 38.1 Å². The zero-order valence-corrected chi connectivity index (χ0v) is 16.8. The van der Waals surface area contributed by atoms with E-state index in [2.05, 4.69) is 5.32 Å². The molecule has 6 heteroatoms. The Morgan fingerprint density at radius 1 is 1.19 bits per heavy atom. The van der Waals surface area contributed by atoms with E-state index in [1.807, 2.05) is 64.1 Å². The summed E-state index contributed by atoms with van der Waals surface area (Å²) in [4.78, 5) is 30.2. The van der Waals surface area contributed by atoms with E-state index in [1.165, 1.54) is 11.8 Å². The molecule has 0 bridgehead atoms. The van der Waals surface area contributed by atoms with E-state index in [0.29, 0.717) is 22.6 Å². The number of nitrogens with zero attached hydrogens (tertiary/aromatic N) is 2. The van der Waals surface area contributed by atoms with Crippen LogP contribution in [0.25, 0.3) is 16.6 Å². The van der Waals surface area contributed by atoms with Crippen molar-refractivity contribution in [2.75, 3.05) is 6.54 Å². The molecule has 0 spiro atoms. The number of carbonyl (C=O) groups is 1. The molecular weight excluding hydrogens is 358 g/mol. The van der Waals surface area contributed by atoms with Crippen LogP contribution in [0, 0.1) is 13.8 Å². The third-order valence-electron chi connectivity index (χ3n) is 4.56. The Hall–Kier alpha value is -2.60. The maximum atomic E-state index is 13.3. The summed E-state index contributed by atoms with van der Waals surface area (Å²) in [5, 5.41) is 3.54. The molecule has 3 rings (SSSR count). The van der Waals surface area contributed by atoms with Gasteiger partial charge in [-0.05, 0) is 57.0 Å². The molecule has 0 aliphatic carbocycles. The average molecular weight is 382 g/mol. The fourth-order valence-electron chi connectivity index (χ4n) is 2.91. The zero-order chi connectivity index (χ0) is 19.6. The fourth-order valence-corrected chi connectivity index (χ4v) is 3.86. The highest BCUT2D eigenvalue weighted by Crippen LogP contribution is 2.27. The van der Waals surface area contributed by atoms with Crippen LogP contribution in [-0.2, 0) is 4.79 Å². The normalized spacial score (nSPS) is 12.1. The van der Waals surface area contributed by atoms with Gasteiger partial charge in [0.1, 0.15) is 0 Å². The van der Waals surface area contributed by atoms with Crippen molar-refractivity contribution in [2.24, 2.45) is 0 Å². The summed E-state index contributed by atoms with van der Waals surface area (Å²) in [5.74, 6) is -0.0718. The number of fused-ring (bicyclic) bond motifs is 1. The van der Waals surface area contributed by atoms with Crippen molar-refractivity contribution in [1.29, 1.82) is 0 Å². The molecule has 0 unspecified atom stereocenters. The summed E-state index contributed by atoms with van der Waals surface area (Å²) in [6.07, 6.45) is 0. The number of amides is 1. The number of rotatable bonds is 5. The molecule has 0 saturated heterocycles. The lowest BCUT2D eigenvalue weighted by Crippen LogP contribution is -2.31. The molecule has 0 aliphatic rings. The molecule has 0 aliphatic heterocycles. The van der Waals surface area contributed by atoms with Crippen molar-refractivity contribution in [3.05, 3.63) is 63.9 Å². The molecule has 1 aromatic heterocycles. The van der Waals surface area contributed by atoms with Gasteiger partial charge in [-0.1, -0.05) is 36.0 Å². The number of hydrogen-bond acceptors (Lipinski definition) is 4. The SMILES string of the molecule is CCNC(=O)[C@H](C)Sc1nc2ccccc2c(=O)n1-c1cccc(C)c1C. The Labute approximate surface area is 162 Å². The van der Waals surface area contributed by atoms with Crippen LogP contribution in [-0.4, -0.2) is 27.3 Å². The number of hydrogen-bond donors (Lipinski definition) is 1. The van der Waals surface area contributed by atoms with Crippen molar-refractivity contribution >= 4 is 28.6 Å². The van der Waals surface area contributed by atoms with Crippen LogP contribution in [0.1, 0.15) is 25.0 Å². The Kier molecular flexibility index (Phi) is 5.65. The molecule has 27 heavy (non-hydrogen) atoms. The number of thioether (sulfide) groups is 1. The average Bonchev–Trinajstić information content (AvgIpc) is 2.65. The Balaban J connectivity index is 2.23. The van der Waals surface area contributed by atoms with E-state index in [0.717, 1.165) is 16.8 Å². The van der Waals surface area contributed by atoms with E-state index in [9.17, 15) is 9.59 Å². The third kappa shape index (κ3) is 3.76. The van der Waals surface area contributed by atoms with E-state index in [1.54, 1.807) is 10.6 Å². The van der Waals surface area contributed by atoms with Crippen molar-refractivity contribution in [1.82, 2.24) is 14.9 Å². The van der Waals surface area contributed by atoms with E-state index >= 15 is 0 Å². The van der Waals surface area contributed by atoms with E-state index < -0.39 is 0 Å². The summed E-state index contributed by atoms with van der Waals surface area (Å²) in [7, 11) is 0. The molecule has 1 N–H and O–H groups in total. The smallest absolute Gasteiger partial charge is 0.266 e. The van der Waals surface area contributed by atoms with Gasteiger partial charge in [0.05, 0.1) is 21.8 Å². The monoisotopic (exact) mass is 381 g/mol. The van der Waals surface area contributed by atoms with Gasteiger partial charge in [-0.2, -0.15) is 0 Å². The highest BCUT2D eigenvalue weighted by Gasteiger charge is 2.20. The largest absolute Gasteiger partial charge is 0.355 e. The maximum absolute atomic E-state index is 13.3. The molecule has 0 radical (unpaired) electrons. The van der Waals surface area contributed by atoms with Crippen LogP contribution in [0.15, 0.2) is 52.4 Å². The van der Waals surface area contributed by atoms with Crippen molar-refractivity contribution < 1.29 is 4.79 Å². The van der Waals surface area contributed by atoms with Crippen LogP contribution < -0.4 is 10.9 Å². The molecule has 5 nitrogen and oxygen atoms in total. The Morgan fingerprint density at radius 2 is 1.93 bits per heavy atom. The first-order valence-corrected chi connectivity index (χ1v) is 9.84. The van der Waals surface area contributed by atoms with Crippen molar-refractivity contribution in [3.8, 4) is 5.69 Å². The summed E-state index contributed by atoms with van der Waals surface area (Å²) >= 11 is 1.30. The summed E-state index contributed by atoms with van der Waals surface area (Å²) in [6.45, 7) is 8.29. The second-order valence-corrected chi connectivity index (χ2v) is 7.73. The topological polar surface area (TPSA) is 64.0 Å². The van der Waals surface area contributed by atoms with Gasteiger partial charge in [0.2, 0.25) is 5.91 Å². The standard InChI is InChI=1S/C21H23N3O2S/c1-5-22-19(25)15(4)27-21-23-17-11-7-6-10-16(17)20(26)24(21)18-12-8-9-13(2)14(18)3/h6-12,15H,5H2,1-4H3,(H,22,25)/t15-/m0/s1. The molecule has 2 aromatic carbocycles. The highest BCUT2D eigenvalue weighted by molar-refractivity contribution is 8.00. The quantitative estimate of drug-likeness (QED) is 0.542. The van der Waals surface area contributed by atoms with Gasteiger partial charge in [0.25, 0.3) is 5.56 Å². The molecular formula is C21H23N3O2S. The van der Waals surface area contributed by atoms with Gasteiger partial charge in [0, 0.05) is 6.54 Å². The summed E-state index contributed by atoms with van der Waals surface area (Å²) in [6, 6.07) is 13.2. The Morgan fingerprint density at radius 3 is 2.67 bits per heavy atom. The lowest BCUT2D eigenvalue weighted by atomic mass is 10.1. The lowest BCUT2D eigenvalue weighted by Gasteiger charge is -2.18. The van der Waals surface area contributed by atoms with Gasteiger partial charge >= 0.3 is 0 Å². The predicted molar refractivity (Wildman–Crippen MR) is 111 cm³/mol. The van der Waals surface area contributed by atoms with Gasteiger partial charge in [-0.3, -0.25) is 14.2 Å². The van der Waals surface area contributed by atoms with Gasteiger partial charge in [-0.15, -0.1) is 0 Å². The number of aromatic nitrogens is 2. The minimum absolute atomic E-state index is 0.0718. The third-order valence-corrected chi connectivity index (χ3v) is 5.62. The number of benzene rings is 2. The minimum atomic E-state index is -0.366. The molecule has 1 amide bonds. The maximum Gasteiger partial charge on any atom is 0.266 e. The highest BCUT2D eigenvalue weighted by atomic mass is 32.2. The van der Waals surface area contributed by atoms with Crippen LogP contribution in [0.4, 0.5) is 0 Å². The molecule has 0 fully saturated rings. The van der Waals surface area contributed by atoms with Crippen LogP contribution >= 0.6 is 11.8 Å².